The first kappa shape index (κ1) is 16.9. The summed E-state index contributed by atoms with van der Waals surface area (Å²) in [5.41, 5.74) is 1.17. The number of hydrogen-bond donors (Lipinski definition) is 2. The van der Waals surface area contributed by atoms with E-state index in [9.17, 15) is 4.79 Å². The fraction of sp³-hybridized carbons (Fsp3) is 0.0526. The highest BCUT2D eigenvalue weighted by Crippen LogP contribution is 2.23. The molecule has 128 valence electrons. The van der Waals surface area contributed by atoms with Gasteiger partial charge < -0.3 is 10.1 Å². The maximum absolute atomic E-state index is 12.2. The summed E-state index contributed by atoms with van der Waals surface area (Å²) in [5.74, 6) is 0.130. The van der Waals surface area contributed by atoms with Crippen LogP contribution in [0.3, 0.4) is 0 Å². The minimum Gasteiger partial charge on any atom is -0.484 e. The van der Waals surface area contributed by atoms with Crippen molar-refractivity contribution in [2.24, 2.45) is 0 Å². The van der Waals surface area contributed by atoms with Gasteiger partial charge in [-0.25, -0.2) is 4.90 Å². The summed E-state index contributed by atoms with van der Waals surface area (Å²) < 4.78 is 5.50. The Morgan fingerprint density at radius 1 is 1.31 bits per heavy atom. The molecule has 7 heteroatoms. The molecule has 0 spiro atoms. The maximum Gasteiger partial charge on any atom is 0.262 e. The molecule has 3 aromatic rings. The number of aromatic nitrogens is 1. The number of pyridine rings is 1. The van der Waals surface area contributed by atoms with E-state index in [2.05, 4.69) is 10.3 Å². The minimum atomic E-state index is -0.302. The van der Waals surface area contributed by atoms with Gasteiger partial charge in [-0.2, -0.15) is 5.26 Å². The summed E-state index contributed by atoms with van der Waals surface area (Å²) in [6, 6.07) is 14.0. The summed E-state index contributed by atoms with van der Waals surface area (Å²) in [6.45, 7) is -0.179. The number of nitriles is 1. The van der Waals surface area contributed by atoms with Crippen molar-refractivity contribution < 1.29 is 9.53 Å². The molecule has 0 bridgehead atoms. The molecule has 1 amide bonds. The molecule has 0 aliphatic rings. The smallest absolute Gasteiger partial charge is 0.262 e. The van der Waals surface area contributed by atoms with Crippen LogP contribution in [-0.4, -0.2) is 23.8 Å². The van der Waals surface area contributed by atoms with Gasteiger partial charge in [0.2, 0.25) is 0 Å². The van der Waals surface area contributed by atoms with Crippen molar-refractivity contribution in [2.75, 3.05) is 16.8 Å². The monoisotopic (exact) mass is 345 g/mol. The molecule has 0 radical (unpaired) electrons. The van der Waals surface area contributed by atoms with Crippen LogP contribution >= 0.6 is 0 Å². The molecular weight excluding hydrogens is 330 g/mol. The van der Waals surface area contributed by atoms with Gasteiger partial charge in [0.1, 0.15) is 12.1 Å². The minimum absolute atomic E-state index is 0.179. The summed E-state index contributed by atoms with van der Waals surface area (Å²) in [5, 5.41) is 20.8. The van der Waals surface area contributed by atoms with Gasteiger partial charge in [0.05, 0.1) is 5.69 Å². The van der Waals surface area contributed by atoms with E-state index >= 15 is 0 Å². The third-order valence-electron chi connectivity index (χ3n) is 3.66. The molecule has 2 N–H and O–H groups in total. The number of anilines is 2. The maximum atomic E-state index is 12.2. The molecule has 1 heterocycles. The Morgan fingerprint density at radius 2 is 2.15 bits per heavy atom. The first-order valence-corrected chi connectivity index (χ1v) is 7.76. The highest BCUT2D eigenvalue weighted by atomic mass is 16.5. The standard InChI is InChI=1S/C19H15N5O2/c20-12-24(13-21)15-4-2-5-16(9-15)26-11-19(25)23-18-6-1-3-14-10-22-8-7-17(14)18/h1-10,12,20H,11H2,(H,23,25). The van der Waals surface area contributed by atoms with Crippen molar-refractivity contribution in [3.8, 4) is 11.9 Å². The number of carbonyl (C=O) groups is 1. The molecule has 0 unspecified atom stereocenters. The van der Waals surface area contributed by atoms with Crippen molar-refractivity contribution in [3.05, 3.63) is 60.9 Å². The fourth-order valence-corrected chi connectivity index (χ4v) is 2.45. The van der Waals surface area contributed by atoms with Gasteiger partial charge >= 0.3 is 0 Å². The lowest BCUT2D eigenvalue weighted by molar-refractivity contribution is -0.118. The van der Waals surface area contributed by atoms with Gasteiger partial charge in [-0.1, -0.05) is 18.2 Å². The number of benzene rings is 2. The number of ether oxygens (including phenoxy) is 1. The summed E-state index contributed by atoms with van der Waals surface area (Å²) in [6.07, 6.45) is 6.17. The van der Waals surface area contributed by atoms with E-state index in [4.69, 9.17) is 15.4 Å². The third-order valence-corrected chi connectivity index (χ3v) is 3.66. The first-order chi connectivity index (χ1) is 12.7. The van der Waals surface area contributed by atoms with Crippen LogP contribution in [0, 0.1) is 16.9 Å². The van der Waals surface area contributed by atoms with Gasteiger partial charge in [0, 0.05) is 34.9 Å². The highest BCUT2D eigenvalue weighted by molar-refractivity contribution is 6.02. The van der Waals surface area contributed by atoms with Crippen LogP contribution in [0.15, 0.2) is 60.9 Å². The lowest BCUT2D eigenvalue weighted by Crippen LogP contribution is -2.20. The second-order valence-corrected chi connectivity index (χ2v) is 5.34. The van der Waals surface area contributed by atoms with E-state index in [0.29, 0.717) is 17.1 Å². The van der Waals surface area contributed by atoms with Crippen molar-refractivity contribution in [1.29, 1.82) is 10.7 Å². The van der Waals surface area contributed by atoms with Gasteiger partial charge in [0.25, 0.3) is 5.91 Å². The second-order valence-electron chi connectivity index (χ2n) is 5.34. The Balaban J connectivity index is 1.67. The largest absolute Gasteiger partial charge is 0.484 e. The summed E-state index contributed by atoms with van der Waals surface area (Å²) >= 11 is 0. The number of carbonyl (C=O) groups excluding carboxylic acids is 1. The lowest BCUT2D eigenvalue weighted by atomic mass is 10.1. The van der Waals surface area contributed by atoms with Gasteiger partial charge in [0.15, 0.2) is 12.8 Å². The van der Waals surface area contributed by atoms with Crippen molar-refractivity contribution in [2.45, 2.75) is 0 Å². The molecule has 0 fully saturated rings. The van der Waals surface area contributed by atoms with E-state index in [1.807, 2.05) is 30.5 Å². The quantitative estimate of drug-likeness (QED) is 0.309. The third kappa shape index (κ3) is 3.76. The molecule has 0 atom stereocenters. The Hall–Kier alpha value is -3.92. The lowest BCUT2D eigenvalue weighted by Gasteiger charge is -2.12. The zero-order chi connectivity index (χ0) is 18.4. The SMILES string of the molecule is N#CN(C=N)c1cccc(OCC(=O)Nc2cccc3cnccc23)c1. The number of amides is 1. The normalized spacial score (nSPS) is 9.96. The van der Waals surface area contributed by atoms with Crippen LogP contribution < -0.4 is 15.0 Å². The molecule has 0 aliphatic carbocycles. The van der Waals surface area contributed by atoms with Crippen molar-refractivity contribution >= 4 is 34.4 Å². The fourth-order valence-electron chi connectivity index (χ4n) is 2.45. The zero-order valence-corrected chi connectivity index (χ0v) is 13.7. The number of rotatable bonds is 6. The first-order valence-electron chi connectivity index (χ1n) is 7.76. The Labute approximate surface area is 150 Å². The predicted octanol–water partition coefficient (Wildman–Crippen LogP) is 3.15. The molecule has 7 nitrogen and oxygen atoms in total. The van der Waals surface area contributed by atoms with E-state index < -0.39 is 0 Å². The van der Waals surface area contributed by atoms with Crippen molar-refractivity contribution in [3.63, 3.8) is 0 Å². The van der Waals surface area contributed by atoms with E-state index in [0.717, 1.165) is 22.0 Å². The van der Waals surface area contributed by atoms with Crippen LogP contribution in [-0.2, 0) is 4.79 Å². The highest BCUT2D eigenvalue weighted by Gasteiger charge is 2.08. The van der Waals surface area contributed by atoms with Crippen LogP contribution in [0.1, 0.15) is 0 Å². The van der Waals surface area contributed by atoms with E-state index in [1.54, 1.807) is 36.7 Å². The van der Waals surface area contributed by atoms with E-state index in [1.165, 1.54) is 0 Å². The molecule has 2 aromatic carbocycles. The number of nitrogens with one attached hydrogen (secondary N) is 2. The van der Waals surface area contributed by atoms with Gasteiger partial charge in [-0.3, -0.25) is 15.2 Å². The zero-order valence-electron chi connectivity index (χ0n) is 13.7. The van der Waals surface area contributed by atoms with Crippen LogP contribution in [0.4, 0.5) is 11.4 Å². The average Bonchev–Trinajstić information content (AvgIpc) is 2.68. The summed E-state index contributed by atoms with van der Waals surface area (Å²) in [4.78, 5) is 17.4. The molecule has 0 saturated carbocycles. The number of nitrogens with zero attached hydrogens (tertiary/aromatic N) is 3. The predicted molar refractivity (Wildman–Crippen MR) is 99.2 cm³/mol. The van der Waals surface area contributed by atoms with Gasteiger partial charge in [-0.05, 0) is 24.3 Å². The molecule has 0 aliphatic heterocycles. The van der Waals surface area contributed by atoms with Crippen molar-refractivity contribution in [1.82, 2.24) is 4.98 Å². The number of fused-ring (bicyclic) bond motifs is 1. The Morgan fingerprint density at radius 3 is 2.96 bits per heavy atom. The summed E-state index contributed by atoms with van der Waals surface area (Å²) in [7, 11) is 0. The molecular formula is C19H15N5O2. The molecule has 26 heavy (non-hydrogen) atoms. The second kappa shape index (κ2) is 7.77. The molecule has 3 rings (SSSR count). The number of hydrogen-bond acceptors (Lipinski definition) is 5. The Kier molecular flexibility index (Phi) is 5.05. The van der Waals surface area contributed by atoms with Crippen LogP contribution in [0.25, 0.3) is 10.8 Å². The van der Waals surface area contributed by atoms with E-state index in [-0.39, 0.29) is 12.5 Å². The average molecular weight is 345 g/mol. The van der Waals surface area contributed by atoms with Gasteiger partial charge in [-0.15, -0.1) is 0 Å². The molecule has 0 saturated heterocycles. The topological polar surface area (TPSA) is 102 Å². The Bertz CT molecular complexity index is 991. The molecule has 1 aromatic heterocycles. The van der Waals surface area contributed by atoms with Crippen LogP contribution in [0.2, 0.25) is 0 Å². The van der Waals surface area contributed by atoms with Crippen LogP contribution in [0.5, 0.6) is 5.75 Å².